The van der Waals surface area contributed by atoms with Gasteiger partial charge in [-0.3, -0.25) is 19.1 Å². The van der Waals surface area contributed by atoms with Crippen LogP contribution in [0.5, 0.6) is 5.75 Å². The quantitative estimate of drug-likeness (QED) is 0.401. The molecule has 2 aromatic heterocycles. The molecule has 0 spiro atoms. The molecule has 1 N–H and O–H groups in total. The number of benzene rings is 3. The molecule has 1 amide bonds. The summed E-state index contributed by atoms with van der Waals surface area (Å²) in [6.07, 6.45) is 0. The predicted octanol–water partition coefficient (Wildman–Crippen LogP) is 4.17. The minimum atomic E-state index is -0.735. The topological polar surface area (TPSA) is 103 Å². The number of methoxy groups -OCH3 is 1. The van der Waals surface area contributed by atoms with Gasteiger partial charge in [0.1, 0.15) is 11.3 Å². The number of rotatable bonds is 5. The largest absolute Gasteiger partial charge is 0.497 e. The standard InChI is InChI=1S/C26H19N3O5/c1-29-19-9-5-3-7-17(19)24(31)22(28-29)26(32)27-21-18-8-4-6-10-20(18)34-25(21)23(30)15-11-13-16(33-2)14-12-15/h3-14H,1-2H3,(H,27,32). The first-order chi connectivity index (χ1) is 16.5. The maximum atomic E-state index is 13.3. The SMILES string of the molecule is COc1ccc(C(=O)c2oc3ccccc3c2NC(=O)c2nn(C)c3ccccc3c2=O)cc1. The fourth-order valence-electron chi connectivity index (χ4n) is 3.85. The Balaban J connectivity index is 1.60. The number of carbonyl (C=O) groups excluding carboxylic acids is 2. The number of aryl methyl sites for hydroxylation is 1. The zero-order valence-electron chi connectivity index (χ0n) is 18.4. The average Bonchev–Trinajstić information content (AvgIpc) is 3.24. The minimum Gasteiger partial charge on any atom is -0.497 e. The van der Waals surface area contributed by atoms with Crippen LogP contribution in [0.2, 0.25) is 0 Å². The molecule has 0 bridgehead atoms. The third-order valence-electron chi connectivity index (χ3n) is 5.57. The van der Waals surface area contributed by atoms with Crippen molar-refractivity contribution in [2.75, 3.05) is 12.4 Å². The maximum Gasteiger partial charge on any atom is 0.280 e. The number of anilines is 1. The van der Waals surface area contributed by atoms with Crippen molar-refractivity contribution in [2.45, 2.75) is 0 Å². The molecule has 0 saturated carbocycles. The van der Waals surface area contributed by atoms with Crippen molar-refractivity contribution < 1.29 is 18.7 Å². The second-order valence-electron chi connectivity index (χ2n) is 7.63. The number of ketones is 1. The predicted molar refractivity (Wildman–Crippen MR) is 128 cm³/mol. The van der Waals surface area contributed by atoms with Crippen LogP contribution in [0, 0.1) is 0 Å². The van der Waals surface area contributed by atoms with E-state index in [9.17, 15) is 14.4 Å². The number of amides is 1. The summed E-state index contributed by atoms with van der Waals surface area (Å²) in [5.74, 6) is -0.597. The van der Waals surface area contributed by atoms with Crippen LogP contribution in [0.25, 0.3) is 21.9 Å². The summed E-state index contributed by atoms with van der Waals surface area (Å²) in [6, 6.07) is 20.4. The molecule has 34 heavy (non-hydrogen) atoms. The van der Waals surface area contributed by atoms with Crippen LogP contribution < -0.4 is 15.5 Å². The van der Waals surface area contributed by atoms with Gasteiger partial charge in [0, 0.05) is 23.4 Å². The number of furan rings is 1. The molecule has 3 aromatic carbocycles. The smallest absolute Gasteiger partial charge is 0.280 e. The van der Waals surface area contributed by atoms with Gasteiger partial charge in [-0.25, -0.2) is 0 Å². The first-order valence-electron chi connectivity index (χ1n) is 10.5. The maximum absolute atomic E-state index is 13.3. The lowest BCUT2D eigenvalue weighted by molar-refractivity contribution is 0.101. The third-order valence-corrected chi connectivity index (χ3v) is 5.57. The van der Waals surface area contributed by atoms with Gasteiger partial charge in [0.15, 0.2) is 11.5 Å². The van der Waals surface area contributed by atoms with Gasteiger partial charge in [-0.1, -0.05) is 24.3 Å². The van der Waals surface area contributed by atoms with Crippen LogP contribution in [-0.2, 0) is 7.05 Å². The molecule has 5 rings (SSSR count). The van der Waals surface area contributed by atoms with Crippen molar-refractivity contribution in [3.63, 3.8) is 0 Å². The molecule has 0 fully saturated rings. The van der Waals surface area contributed by atoms with Crippen LogP contribution >= 0.6 is 0 Å². The number of para-hydroxylation sites is 2. The van der Waals surface area contributed by atoms with E-state index in [1.165, 1.54) is 11.8 Å². The number of nitrogens with zero attached hydrogens (tertiary/aromatic N) is 2. The Labute approximate surface area is 193 Å². The molecule has 2 heterocycles. The molecule has 8 nitrogen and oxygen atoms in total. The second kappa shape index (κ2) is 8.32. The summed E-state index contributed by atoms with van der Waals surface area (Å²) < 4.78 is 12.5. The highest BCUT2D eigenvalue weighted by Gasteiger charge is 2.25. The molecule has 0 aliphatic rings. The highest BCUT2D eigenvalue weighted by Crippen LogP contribution is 2.33. The van der Waals surface area contributed by atoms with Crippen LogP contribution in [0.1, 0.15) is 26.6 Å². The van der Waals surface area contributed by atoms with Gasteiger partial charge < -0.3 is 14.5 Å². The molecule has 8 heteroatoms. The van der Waals surface area contributed by atoms with Crippen LogP contribution in [-0.4, -0.2) is 28.6 Å². The molecule has 5 aromatic rings. The summed E-state index contributed by atoms with van der Waals surface area (Å²) in [5.41, 5.74) is 0.784. The molecule has 0 unspecified atom stereocenters. The number of hydrogen-bond acceptors (Lipinski definition) is 6. The van der Waals surface area contributed by atoms with Crippen molar-refractivity contribution in [1.29, 1.82) is 0 Å². The van der Waals surface area contributed by atoms with E-state index < -0.39 is 17.1 Å². The van der Waals surface area contributed by atoms with Gasteiger partial charge in [-0.15, -0.1) is 0 Å². The fourth-order valence-corrected chi connectivity index (χ4v) is 3.85. The first kappa shape index (κ1) is 21.1. The van der Waals surface area contributed by atoms with Gasteiger partial charge in [-0.2, -0.15) is 5.10 Å². The number of aromatic nitrogens is 2. The van der Waals surface area contributed by atoms with Crippen molar-refractivity contribution >= 4 is 39.2 Å². The molecule has 168 valence electrons. The second-order valence-corrected chi connectivity index (χ2v) is 7.63. The number of fused-ring (bicyclic) bond motifs is 2. The summed E-state index contributed by atoms with van der Waals surface area (Å²) in [6.45, 7) is 0. The Hall–Kier alpha value is -4.72. The van der Waals surface area contributed by atoms with Gasteiger partial charge >= 0.3 is 0 Å². The van der Waals surface area contributed by atoms with Gasteiger partial charge in [0.25, 0.3) is 5.91 Å². The van der Waals surface area contributed by atoms with Gasteiger partial charge in [0.2, 0.25) is 11.2 Å². The first-order valence-corrected chi connectivity index (χ1v) is 10.5. The Morgan fingerprint density at radius 2 is 1.62 bits per heavy atom. The highest BCUT2D eigenvalue weighted by molar-refractivity contribution is 6.18. The number of nitrogens with one attached hydrogen (secondary N) is 1. The van der Waals surface area contributed by atoms with E-state index in [1.54, 1.807) is 79.8 Å². The summed E-state index contributed by atoms with van der Waals surface area (Å²) in [7, 11) is 3.19. The number of carbonyl (C=O) groups is 2. The molecular formula is C26H19N3O5. The van der Waals surface area contributed by atoms with E-state index in [1.807, 2.05) is 0 Å². The minimum absolute atomic E-state index is 0.0441. The van der Waals surface area contributed by atoms with Crippen molar-refractivity contribution in [3.8, 4) is 5.75 Å². The van der Waals surface area contributed by atoms with Gasteiger partial charge in [-0.05, 0) is 48.5 Å². The Morgan fingerprint density at radius 3 is 2.35 bits per heavy atom. The van der Waals surface area contributed by atoms with Crippen molar-refractivity contribution in [2.24, 2.45) is 7.05 Å². The Bertz CT molecular complexity index is 1630. The highest BCUT2D eigenvalue weighted by atomic mass is 16.5. The normalized spacial score (nSPS) is 11.0. The lowest BCUT2D eigenvalue weighted by Crippen LogP contribution is -2.26. The summed E-state index contributed by atoms with van der Waals surface area (Å²) in [5, 5.41) is 7.78. The number of hydrogen-bond donors (Lipinski definition) is 1. The van der Waals surface area contributed by atoms with Gasteiger partial charge in [0.05, 0.1) is 18.3 Å². The Kier molecular flexibility index (Phi) is 5.18. The molecule has 0 aliphatic carbocycles. The van der Waals surface area contributed by atoms with Crippen LogP contribution in [0.15, 0.2) is 82.0 Å². The van der Waals surface area contributed by atoms with Crippen molar-refractivity contribution in [1.82, 2.24) is 9.78 Å². The summed E-state index contributed by atoms with van der Waals surface area (Å²) >= 11 is 0. The lowest BCUT2D eigenvalue weighted by Gasteiger charge is -2.09. The van der Waals surface area contributed by atoms with Crippen molar-refractivity contribution in [3.05, 3.63) is 100 Å². The van der Waals surface area contributed by atoms with Crippen LogP contribution in [0.4, 0.5) is 5.69 Å². The summed E-state index contributed by atoms with van der Waals surface area (Å²) in [4.78, 5) is 39.5. The van der Waals surface area contributed by atoms with E-state index in [0.29, 0.717) is 33.2 Å². The van der Waals surface area contributed by atoms with E-state index >= 15 is 0 Å². The Morgan fingerprint density at radius 1 is 0.941 bits per heavy atom. The molecule has 0 aliphatic heterocycles. The fraction of sp³-hybridized carbons (Fsp3) is 0.0769. The van der Waals surface area contributed by atoms with E-state index in [-0.39, 0.29) is 17.1 Å². The average molecular weight is 453 g/mol. The zero-order valence-corrected chi connectivity index (χ0v) is 18.4. The lowest BCUT2D eigenvalue weighted by atomic mass is 10.1. The molecule has 0 saturated heterocycles. The molecule has 0 atom stereocenters. The monoisotopic (exact) mass is 453 g/mol. The zero-order chi connectivity index (χ0) is 23.8. The number of ether oxygens (including phenoxy) is 1. The van der Waals surface area contributed by atoms with E-state index in [0.717, 1.165) is 0 Å². The molecule has 0 radical (unpaired) electrons. The van der Waals surface area contributed by atoms with E-state index in [2.05, 4.69) is 10.4 Å². The van der Waals surface area contributed by atoms with Crippen LogP contribution in [0.3, 0.4) is 0 Å². The van der Waals surface area contributed by atoms with E-state index in [4.69, 9.17) is 9.15 Å². The molecular weight excluding hydrogens is 434 g/mol. The third kappa shape index (κ3) is 3.51.